The number of aromatic nitrogens is 2. The average Bonchev–Trinajstić information content (AvgIpc) is 2.39. The summed E-state index contributed by atoms with van der Waals surface area (Å²) in [6.07, 6.45) is 1.44. The highest BCUT2D eigenvalue weighted by molar-refractivity contribution is 5.81. The number of hydrogen-bond donors (Lipinski definition) is 1. The Morgan fingerprint density at radius 1 is 1.50 bits per heavy atom. The second kappa shape index (κ2) is 4.42. The minimum Gasteiger partial charge on any atom is -0.377 e. The molecule has 1 N–H and O–H groups in total. The Balaban J connectivity index is 2.05. The number of nitrogens with one attached hydrogen (secondary N) is 1. The number of benzene rings is 1. The van der Waals surface area contributed by atoms with Gasteiger partial charge in [0.1, 0.15) is 0 Å². The lowest BCUT2D eigenvalue weighted by atomic mass is 10.1. The molecule has 5 nitrogen and oxygen atoms in total. The number of anilines is 1. The zero-order chi connectivity index (χ0) is 12.5. The van der Waals surface area contributed by atoms with Gasteiger partial charge in [0, 0.05) is 18.3 Å². The molecule has 3 rings (SSSR count). The van der Waals surface area contributed by atoms with Gasteiger partial charge >= 0.3 is 0 Å². The molecular formula is C13H15N3O2. The van der Waals surface area contributed by atoms with Crippen molar-refractivity contribution in [3.05, 3.63) is 34.9 Å². The van der Waals surface area contributed by atoms with E-state index in [4.69, 9.17) is 4.74 Å². The van der Waals surface area contributed by atoms with Crippen LogP contribution in [0.2, 0.25) is 0 Å². The van der Waals surface area contributed by atoms with E-state index in [2.05, 4.69) is 21.8 Å². The van der Waals surface area contributed by atoms with Gasteiger partial charge in [-0.15, -0.1) is 0 Å². The SMILES string of the molecule is CC1COCCN1c1ccc2c(=O)[nH]cnc2c1. The zero-order valence-corrected chi connectivity index (χ0v) is 10.2. The fourth-order valence-corrected chi connectivity index (χ4v) is 2.35. The Bertz CT molecular complexity index is 623. The first-order valence-electron chi connectivity index (χ1n) is 6.07. The van der Waals surface area contributed by atoms with Crippen molar-refractivity contribution in [3.63, 3.8) is 0 Å². The molecule has 1 aromatic heterocycles. The molecule has 5 heteroatoms. The minimum absolute atomic E-state index is 0.0958. The maximum atomic E-state index is 11.6. The minimum atomic E-state index is -0.0958. The summed E-state index contributed by atoms with van der Waals surface area (Å²) in [5.41, 5.74) is 1.73. The number of H-pyrrole nitrogens is 1. The molecule has 0 bridgehead atoms. The molecule has 94 valence electrons. The van der Waals surface area contributed by atoms with E-state index in [-0.39, 0.29) is 5.56 Å². The molecule has 0 spiro atoms. The van der Waals surface area contributed by atoms with Crippen molar-refractivity contribution in [2.75, 3.05) is 24.7 Å². The van der Waals surface area contributed by atoms with E-state index >= 15 is 0 Å². The van der Waals surface area contributed by atoms with Crippen molar-refractivity contribution in [1.29, 1.82) is 0 Å². The van der Waals surface area contributed by atoms with Crippen LogP contribution in [-0.2, 0) is 4.74 Å². The van der Waals surface area contributed by atoms with Crippen LogP contribution in [0, 0.1) is 0 Å². The van der Waals surface area contributed by atoms with Crippen molar-refractivity contribution in [3.8, 4) is 0 Å². The molecule has 0 amide bonds. The number of nitrogens with zero attached hydrogens (tertiary/aromatic N) is 2. The van der Waals surface area contributed by atoms with E-state index in [1.807, 2.05) is 18.2 Å². The van der Waals surface area contributed by atoms with E-state index < -0.39 is 0 Å². The van der Waals surface area contributed by atoms with Crippen LogP contribution < -0.4 is 10.5 Å². The molecule has 1 aliphatic heterocycles. The molecule has 1 saturated heterocycles. The maximum Gasteiger partial charge on any atom is 0.258 e. The molecule has 1 aliphatic rings. The van der Waals surface area contributed by atoms with E-state index in [0.717, 1.165) is 31.0 Å². The molecule has 0 aliphatic carbocycles. The summed E-state index contributed by atoms with van der Waals surface area (Å²) in [6, 6.07) is 6.12. The lowest BCUT2D eigenvalue weighted by Crippen LogP contribution is -2.43. The van der Waals surface area contributed by atoms with Gasteiger partial charge in [-0.3, -0.25) is 4.79 Å². The Kier molecular flexibility index (Phi) is 2.76. The van der Waals surface area contributed by atoms with Gasteiger partial charge in [0.15, 0.2) is 0 Å². The Morgan fingerprint density at radius 2 is 2.39 bits per heavy atom. The number of fused-ring (bicyclic) bond motifs is 1. The standard InChI is InChI=1S/C13H15N3O2/c1-9-7-18-5-4-16(9)10-2-3-11-12(6-10)14-8-15-13(11)17/h2-3,6,8-9H,4-5,7H2,1H3,(H,14,15,17). The molecule has 2 aromatic rings. The van der Waals surface area contributed by atoms with Crippen molar-refractivity contribution in [1.82, 2.24) is 9.97 Å². The summed E-state index contributed by atoms with van der Waals surface area (Å²) in [5.74, 6) is 0. The normalized spacial score (nSPS) is 20.3. The summed E-state index contributed by atoms with van der Waals surface area (Å²) in [4.78, 5) is 20.7. The summed E-state index contributed by atoms with van der Waals surface area (Å²) >= 11 is 0. The second-order valence-corrected chi connectivity index (χ2v) is 4.55. The quantitative estimate of drug-likeness (QED) is 0.818. The number of hydrogen-bond acceptors (Lipinski definition) is 4. The Labute approximate surface area is 104 Å². The van der Waals surface area contributed by atoms with Gasteiger partial charge in [-0.05, 0) is 25.1 Å². The number of rotatable bonds is 1. The van der Waals surface area contributed by atoms with Gasteiger partial charge in [0.25, 0.3) is 5.56 Å². The van der Waals surface area contributed by atoms with E-state index in [9.17, 15) is 4.79 Å². The predicted octanol–water partition coefficient (Wildman–Crippen LogP) is 1.15. The van der Waals surface area contributed by atoms with Gasteiger partial charge in [0.2, 0.25) is 0 Å². The van der Waals surface area contributed by atoms with Gasteiger partial charge in [-0.1, -0.05) is 0 Å². The van der Waals surface area contributed by atoms with Crippen LogP contribution in [0.4, 0.5) is 5.69 Å². The Morgan fingerprint density at radius 3 is 3.22 bits per heavy atom. The van der Waals surface area contributed by atoms with Gasteiger partial charge in [0.05, 0.1) is 30.4 Å². The third-order valence-corrected chi connectivity index (χ3v) is 3.32. The molecule has 0 radical (unpaired) electrons. The predicted molar refractivity (Wildman–Crippen MR) is 70.0 cm³/mol. The van der Waals surface area contributed by atoms with Gasteiger partial charge < -0.3 is 14.6 Å². The lowest BCUT2D eigenvalue weighted by molar-refractivity contribution is 0.0989. The third kappa shape index (κ3) is 1.86. The molecular weight excluding hydrogens is 230 g/mol. The highest BCUT2D eigenvalue weighted by Crippen LogP contribution is 2.22. The zero-order valence-electron chi connectivity index (χ0n) is 10.2. The highest BCUT2D eigenvalue weighted by Gasteiger charge is 2.19. The van der Waals surface area contributed by atoms with Crippen LogP contribution >= 0.6 is 0 Å². The third-order valence-electron chi connectivity index (χ3n) is 3.32. The van der Waals surface area contributed by atoms with Crippen LogP contribution in [0.3, 0.4) is 0 Å². The first-order chi connectivity index (χ1) is 8.75. The summed E-state index contributed by atoms with van der Waals surface area (Å²) in [6.45, 7) is 4.48. The monoisotopic (exact) mass is 245 g/mol. The van der Waals surface area contributed by atoms with E-state index in [1.54, 1.807) is 0 Å². The van der Waals surface area contributed by atoms with Crippen LogP contribution in [0.15, 0.2) is 29.3 Å². The van der Waals surface area contributed by atoms with Crippen LogP contribution in [-0.4, -0.2) is 35.8 Å². The molecule has 1 atom stereocenters. The summed E-state index contributed by atoms with van der Waals surface area (Å²) in [5, 5.41) is 0.627. The fraction of sp³-hybridized carbons (Fsp3) is 0.385. The molecule has 18 heavy (non-hydrogen) atoms. The van der Waals surface area contributed by atoms with Crippen LogP contribution in [0.1, 0.15) is 6.92 Å². The smallest absolute Gasteiger partial charge is 0.258 e. The first-order valence-corrected chi connectivity index (χ1v) is 6.07. The average molecular weight is 245 g/mol. The molecule has 1 unspecified atom stereocenters. The number of aromatic amines is 1. The fourth-order valence-electron chi connectivity index (χ4n) is 2.35. The molecule has 1 fully saturated rings. The highest BCUT2D eigenvalue weighted by atomic mass is 16.5. The van der Waals surface area contributed by atoms with Crippen LogP contribution in [0.25, 0.3) is 10.9 Å². The molecule has 0 saturated carbocycles. The van der Waals surface area contributed by atoms with Crippen molar-refractivity contribution < 1.29 is 4.74 Å². The Hall–Kier alpha value is -1.88. The lowest BCUT2D eigenvalue weighted by Gasteiger charge is -2.35. The topological polar surface area (TPSA) is 58.2 Å². The number of ether oxygens (including phenoxy) is 1. The van der Waals surface area contributed by atoms with Gasteiger partial charge in [-0.2, -0.15) is 0 Å². The van der Waals surface area contributed by atoms with Gasteiger partial charge in [-0.25, -0.2) is 4.98 Å². The first kappa shape index (κ1) is 11.2. The van der Waals surface area contributed by atoms with Crippen LogP contribution in [0.5, 0.6) is 0 Å². The summed E-state index contributed by atoms with van der Waals surface area (Å²) in [7, 11) is 0. The van der Waals surface area contributed by atoms with E-state index in [0.29, 0.717) is 11.4 Å². The second-order valence-electron chi connectivity index (χ2n) is 4.55. The maximum absolute atomic E-state index is 11.6. The largest absolute Gasteiger partial charge is 0.377 e. The number of morpholine rings is 1. The van der Waals surface area contributed by atoms with Crippen molar-refractivity contribution in [2.45, 2.75) is 13.0 Å². The molecule has 1 aromatic carbocycles. The van der Waals surface area contributed by atoms with E-state index in [1.165, 1.54) is 6.33 Å². The molecule has 2 heterocycles. The summed E-state index contributed by atoms with van der Waals surface area (Å²) < 4.78 is 5.43. The van der Waals surface area contributed by atoms with Crippen molar-refractivity contribution in [2.24, 2.45) is 0 Å². The van der Waals surface area contributed by atoms with Crippen molar-refractivity contribution >= 4 is 16.6 Å².